The van der Waals surface area contributed by atoms with Crippen LogP contribution in [0.1, 0.15) is 62.5 Å². The third kappa shape index (κ3) is 5.73. The fraction of sp³-hybridized carbons (Fsp3) is 0.593. The summed E-state index contributed by atoms with van der Waals surface area (Å²) in [5.74, 6) is -0.0282. The van der Waals surface area contributed by atoms with Gasteiger partial charge in [-0.15, -0.1) is 0 Å². The van der Waals surface area contributed by atoms with Crippen LogP contribution in [0.15, 0.2) is 35.1 Å². The van der Waals surface area contributed by atoms with Crippen LogP contribution < -0.4 is 16.3 Å². The summed E-state index contributed by atoms with van der Waals surface area (Å²) in [4.78, 5) is 42.0. The Kier molecular flexibility index (Phi) is 8.64. The molecule has 1 aliphatic carbocycles. The molecule has 2 fully saturated rings. The van der Waals surface area contributed by atoms with Crippen LogP contribution in [0.5, 0.6) is 0 Å². The molecule has 4 rings (SSSR count). The first kappa shape index (κ1) is 26.2. The molecule has 9 heteroatoms. The largest absolute Gasteiger partial charge is 0.391 e. The lowest BCUT2D eigenvalue weighted by molar-refractivity contribution is -0.121. The van der Waals surface area contributed by atoms with Gasteiger partial charge in [0.05, 0.1) is 17.8 Å². The van der Waals surface area contributed by atoms with E-state index < -0.39 is 12.1 Å². The maximum absolute atomic E-state index is 14.0. The van der Waals surface area contributed by atoms with Crippen LogP contribution in [-0.2, 0) is 11.3 Å². The zero-order chi connectivity index (χ0) is 25.7. The first-order valence-electron chi connectivity index (χ1n) is 13.2. The van der Waals surface area contributed by atoms with E-state index in [1.54, 1.807) is 9.47 Å². The van der Waals surface area contributed by atoms with Gasteiger partial charge >= 0.3 is 5.69 Å². The molecule has 196 valence electrons. The number of imidazole rings is 1. The van der Waals surface area contributed by atoms with Gasteiger partial charge in [0, 0.05) is 51.3 Å². The molecule has 1 aromatic heterocycles. The van der Waals surface area contributed by atoms with Gasteiger partial charge in [-0.05, 0) is 18.8 Å². The van der Waals surface area contributed by atoms with Gasteiger partial charge in [-0.25, -0.2) is 4.79 Å². The van der Waals surface area contributed by atoms with Crippen molar-refractivity contribution < 1.29 is 14.7 Å². The average molecular weight is 498 g/mol. The molecule has 1 aliphatic heterocycles. The van der Waals surface area contributed by atoms with Crippen LogP contribution >= 0.6 is 0 Å². The third-order valence-electron chi connectivity index (χ3n) is 7.10. The number of carbonyl (C=O) groups is 2. The molecule has 2 amide bonds. The number of nitrogens with one attached hydrogen (secondary N) is 2. The number of rotatable bonds is 8. The Labute approximate surface area is 212 Å². The highest BCUT2D eigenvalue weighted by atomic mass is 16.3. The second-order valence-electron chi connectivity index (χ2n) is 10.3. The Hall–Kier alpha value is -2.91. The van der Waals surface area contributed by atoms with Gasteiger partial charge in [0.1, 0.15) is 5.69 Å². The van der Waals surface area contributed by atoms with E-state index in [0.29, 0.717) is 56.8 Å². The van der Waals surface area contributed by atoms with Gasteiger partial charge in [-0.1, -0.05) is 57.0 Å². The highest BCUT2D eigenvalue weighted by Crippen LogP contribution is 2.34. The van der Waals surface area contributed by atoms with E-state index in [4.69, 9.17) is 0 Å². The van der Waals surface area contributed by atoms with E-state index >= 15 is 0 Å². The first-order valence-corrected chi connectivity index (χ1v) is 13.2. The molecule has 3 N–H and O–H groups in total. The Bertz CT molecular complexity index is 1100. The second kappa shape index (κ2) is 11.9. The summed E-state index contributed by atoms with van der Waals surface area (Å²) < 4.78 is 3.17. The second-order valence-corrected chi connectivity index (χ2v) is 10.3. The van der Waals surface area contributed by atoms with Crippen LogP contribution in [0.2, 0.25) is 0 Å². The fourth-order valence-electron chi connectivity index (χ4n) is 5.33. The molecule has 2 heterocycles. The fourth-order valence-corrected chi connectivity index (χ4v) is 5.33. The average Bonchev–Trinajstić information content (AvgIpc) is 3.16. The number of carbonyl (C=O) groups excluding carboxylic acids is 2. The summed E-state index contributed by atoms with van der Waals surface area (Å²) in [5.41, 5.74) is 1.36. The molecule has 1 aromatic carbocycles. The van der Waals surface area contributed by atoms with Crippen molar-refractivity contribution in [3.05, 3.63) is 46.5 Å². The summed E-state index contributed by atoms with van der Waals surface area (Å²) in [5, 5.41) is 17.1. The topological polar surface area (TPSA) is 109 Å². The molecule has 1 saturated carbocycles. The minimum Gasteiger partial charge on any atom is -0.391 e. The SMILES string of the molecule is CC(C)CC(=O)NCCn1c(C(=O)N2CCNCC2)c(-c2ccccc2)n(C2CCCC[C@@H]2O)c1=O. The number of piperazine rings is 1. The molecule has 1 unspecified atom stereocenters. The maximum Gasteiger partial charge on any atom is 0.329 e. The van der Waals surface area contributed by atoms with Crippen molar-refractivity contribution in [3.63, 3.8) is 0 Å². The molecule has 2 aliphatic rings. The lowest BCUT2D eigenvalue weighted by atomic mass is 9.92. The summed E-state index contributed by atoms with van der Waals surface area (Å²) in [6, 6.07) is 9.11. The quantitative estimate of drug-likeness (QED) is 0.517. The van der Waals surface area contributed by atoms with Crippen LogP contribution in [0.25, 0.3) is 11.3 Å². The summed E-state index contributed by atoms with van der Waals surface area (Å²) in [6.45, 7) is 6.91. The van der Waals surface area contributed by atoms with Crippen molar-refractivity contribution in [1.29, 1.82) is 0 Å². The Morgan fingerprint density at radius 3 is 2.47 bits per heavy atom. The standard InChI is InChI=1S/C27H39N5O4/c1-19(2)18-23(34)29-14-17-31-25(26(35)30-15-12-28-13-16-30)24(20-8-4-3-5-9-20)32(27(31)36)21-10-6-7-11-22(21)33/h3-5,8-9,19,21-22,28,33H,6-7,10-18H2,1-2H3,(H,29,34)/t21?,22-/m0/s1. The Morgan fingerprint density at radius 2 is 1.81 bits per heavy atom. The molecule has 2 aromatic rings. The number of hydrogen-bond acceptors (Lipinski definition) is 5. The highest BCUT2D eigenvalue weighted by Gasteiger charge is 2.35. The van der Waals surface area contributed by atoms with Crippen molar-refractivity contribution in [2.24, 2.45) is 5.92 Å². The molecule has 0 spiro atoms. The normalized spacial score (nSPS) is 20.5. The van der Waals surface area contributed by atoms with Gasteiger partial charge in [0.15, 0.2) is 0 Å². The zero-order valence-electron chi connectivity index (χ0n) is 21.4. The van der Waals surface area contributed by atoms with Crippen LogP contribution in [0.3, 0.4) is 0 Å². The van der Waals surface area contributed by atoms with Crippen LogP contribution in [0, 0.1) is 5.92 Å². The number of benzene rings is 1. The molecule has 0 bridgehead atoms. The molecule has 9 nitrogen and oxygen atoms in total. The molecule has 1 saturated heterocycles. The van der Waals surface area contributed by atoms with E-state index in [1.165, 1.54) is 4.57 Å². The first-order chi connectivity index (χ1) is 17.4. The van der Waals surface area contributed by atoms with E-state index in [2.05, 4.69) is 10.6 Å². The van der Waals surface area contributed by atoms with Crippen molar-refractivity contribution in [1.82, 2.24) is 24.7 Å². The summed E-state index contributed by atoms with van der Waals surface area (Å²) >= 11 is 0. The summed E-state index contributed by atoms with van der Waals surface area (Å²) in [6.07, 6.45) is 2.90. The Morgan fingerprint density at radius 1 is 1.11 bits per heavy atom. The molecule has 36 heavy (non-hydrogen) atoms. The molecular weight excluding hydrogens is 458 g/mol. The van der Waals surface area contributed by atoms with Crippen LogP contribution in [-0.4, -0.2) is 69.8 Å². The lowest BCUT2D eigenvalue weighted by Crippen LogP contribution is -2.47. The van der Waals surface area contributed by atoms with E-state index in [9.17, 15) is 19.5 Å². The number of aliphatic hydroxyl groups is 1. The number of amides is 2. The molecular formula is C27H39N5O4. The maximum atomic E-state index is 14.0. The lowest BCUT2D eigenvalue weighted by Gasteiger charge is -2.30. The van der Waals surface area contributed by atoms with Crippen molar-refractivity contribution in [2.75, 3.05) is 32.7 Å². The predicted molar refractivity (Wildman–Crippen MR) is 139 cm³/mol. The van der Waals surface area contributed by atoms with E-state index in [1.807, 2.05) is 44.2 Å². The van der Waals surface area contributed by atoms with Crippen LogP contribution in [0.4, 0.5) is 0 Å². The van der Waals surface area contributed by atoms with Gasteiger partial charge in [0.25, 0.3) is 5.91 Å². The minimum atomic E-state index is -0.650. The number of hydrogen-bond donors (Lipinski definition) is 3. The predicted octanol–water partition coefficient (Wildman–Crippen LogP) is 2.00. The third-order valence-corrected chi connectivity index (χ3v) is 7.10. The molecule has 0 radical (unpaired) electrons. The Balaban J connectivity index is 1.81. The van der Waals surface area contributed by atoms with Crippen molar-refractivity contribution in [2.45, 2.75) is 64.6 Å². The smallest absolute Gasteiger partial charge is 0.329 e. The van der Waals surface area contributed by atoms with E-state index in [0.717, 1.165) is 18.4 Å². The van der Waals surface area contributed by atoms with Crippen molar-refractivity contribution >= 4 is 11.8 Å². The molecule has 2 atom stereocenters. The summed E-state index contributed by atoms with van der Waals surface area (Å²) in [7, 11) is 0. The zero-order valence-corrected chi connectivity index (χ0v) is 21.4. The number of aromatic nitrogens is 2. The van der Waals surface area contributed by atoms with Crippen molar-refractivity contribution in [3.8, 4) is 11.3 Å². The van der Waals surface area contributed by atoms with Gasteiger partial charge in [-0.2, -0.15) is 0 Å². The highest BCUT2D eigenvalue weighted by molar-refractivity contribution is 5.99. The van der Waals surface area contributed by atoms with E-state index in [-0.39, 0.29) is 36.5 Å². The number of nitrogens with zero attached hydrogens (tertiary/aromatic N) is 3. The number of aliphatic hydroxyl groups excluding tert-OH is 1. The minimum absolute atomic E-state index is 0.0709. The van der Waals surface area contributed by atoms with Gasteiger partial charge in [0.2, 0.25) is 5.91 Å². The monoisotopic (exact) mass is 497 g/mol. The van der Waals surface area contributed by atoms with Gasteiger partial charge < -0.3 is 20.6 Å². The van der Waals surface area contributed by atoms with Gasteiger partial charge in [-0.3, -0.25) is 18.7 Å².